The average Bonchev–Trinajstić information content (AvgIpc) is 3.34. The van der Waals surface area contributed by atoms with Gasteiger partial charge in [0.1, 0.15) is 5.00 Å². The standard InChI is InChI=1S/C28H31N5O7S2/c1-5-40-28(37)33-16-15-21-22(17-33)41-26(23(21)25(35)30-27(36)31(2)3)29-24(34)18-11-13-20(14-12-18)42(38,39)32(4)19-9-7-6-8-10-19/h6-14H,5,15-17H2,1-4H3,(H,29,34)(H,30,35,36). The summed E-state index contributed by atoms with van der Waals surface area (Å²) in [6.07, 6.45) is -0.162. The molecule has 2 heterocycles. The third kappa shape index (κ3) is 6.39. The number of sulfonamides is 1. The van der Waals surface area contributed by atoms with Gasteiger partial charge in [-0.1, -0.05) is 18.2 Å². The monoisotopic (exact) mass is 613 g/mol. The first-order chi connectivity index (χ1) is 19.9. The summed E-state index contributed by atoms with van der Waals surface area (Å²) in [7, 11) is 0.555. The molecule has 0 fully saturated rings. The molecular formula is C28H31N5O7S2. The lowest BCUT2D eigenvalue weighted by Gasteiger charge is -2.26. The van der Waals surface area contributed by atoms with E-state index in [0.29, 0.717) is 29.1 Å². The summed E-state index contributed by atoms with van der Waals surface area (Å²) >= 11 is 1.13. The quantitative estimate of drug-likeness (QED) is 0.413. The van der Waals surface area contributed by atoms with E-state index in [4.69, 9.17) is 4.74 Å². The number of carbonyl (C=O) groups excluding carboxylic acids is 4. The Labute approximate surface area is 247 Å². The van der Waals surface area contributed by atoms with Crippen LogP contribution in [0.15, 0.2) is 59.5 Å². The molecular weight excluding hydrogens is 582 g/mol. The Bertz CT molecular complexity index is 1600. The predicted molar refractivity (Wildman–Crippen MR) is 158 cm³/mol. The van der Waals surface area contributed by atoms with E-state index < -0.39 is 34.0 Å². The summed E-state index contributed by atoms with van der Waals surface area (Å²) < 4.78 is 32.5. The number of anilines is 2. The molecule has 0 radical (unpaired) electrons. The molecule has 1 aliphatic heterocycles. The second-order valence-electron chi connectivity index (χ2n) is 9.52. The fourth-order valence-corrected chi connectivity index (χ4v) is 6.71. The second kappa shape index (κ2) is 12.6. The van der Waals surface area contributed by atoms with E-state index in [0.717, 1.165) is 15.6 Å². The molecule has 3 aromatic rings. The van der Waals surface area contributed by atoms with E-state index in [1.165, 1.54) is 55.2 Å². The zero-order valence-corrected chi connectivity index (χ0v) is 25.2. The highest BCUT2D eigenvalue weighted by Crippen LogP contribution is 2.37. The third-order valence-electron chi connectivity index (χ3n) is 6.56. The molecule has 0 atom stereocenters. The minimum Gasteiger partial charge on any atom is -0.450 e. The predicted octanol–water partition coefficient (Wildman–Crippen LogP) is 3.75. The number of carbonyl (C=O) groups is 4. The van der Waals surface area contributed by atoms with E-state index in [9.17, 15) is 27.6 Å². The Morgan fingerprint density at radius 2 is 1.64 bits per heavy atom. The lowest BCUT2D eigenvalue weighted by atomic mass is 10.0. The molecule has 0 spiro atoms. The molecule has 4 rings (SSSR count). The maximum atomic E-state index is 13.3. The van der Waals surface area contributed by atoms with Gasteiger partial charge in [0.25, 0.3) is 21.8 Å². The number of thiophene rings is 1. The summed E-state index contributed by atoms with van der Waals surface area (Å²) in [5, 5.41) is 5.27. The Kier molecular flexibility index (Phi) is 9.17. The summed E-state index contributed by atoms with van der Waals surface area (Å²) in [6, 6.07) is 13.4. The van der Waals surface area contributed by atoms with Crippen LogP contribution in [-0.4, -0.2) is 76.5 Å². The number of ether oxygens (including phenoxy) is 1. The van der Waals surface area contributed by atoms with Crippen molar-refractivity contribution in [3.63, 3.8) is 0 Å². The highest BCUT2D eigenvalue weighted by atomic mass is 32.2. The summed E-state index contributed by atoms with van der Waals surface area (Å²) in [6.45, 7) is 2.40. The summed E-state index contributed by atoms with van der Waals surface area (Å²) in [5.74, 6) is -1.26. The van der Waals surface area contributed by atoms with Crippen LogP contribution in [0.1, 0.15) is 38.1 Å². The van der Waals surface area contributed by atoms with E-state index in [1.54, 1.807) is 37.3 Å². The van der Waals surface area contributed by atoms with Crippen LogP contribution >= 0.6 is 11.3 Å². The highest BCUT2D eigenvalue weighted by Gasteiger charge is 2.32. The second-order valence-corrected chi connectivity index (χ2v) is 12.6. The number of urea groups is 1. The number of fused-ring (bicyclic) bond motifs is 1. The molecule has 0 saturated heterocycles. The third-order valence-corrected chi connectivity index (χ3v) is 9.49. The molecule has 0 aliphatic carbocycles. The van der Waals surface area contributed by atoms with Crippen molar-refractivity contribution in [3.8, 4) is 0 Å². The van der Waals surface area contributed by atoms with Crippen molar-refractivity contribution in [3.05, 3.63) is 76.2 Å². The molecule has 222 valence electrons. The Balaban J connectivity index is 1.60. The van der Waals surface area contributed by atoms with E-state index in [1.807, 2.05) is 0 Å². The van der Waals surface area contributed by atoms with Crippen molar-refractivity contribution in [1.82, 2.24) is 15.1 Å². The van der Waals surface area contributed by atoms with Gasteiger partial charge in [-0.3, -0.25) is 19.2 Å². The molecule has 5 amide bonds. The van der Waals surface area contributed by atoms with Gasteiger partial charge in [-0.15, -0.1) is 11.3 Å². The van der Waals surface area contributed by atoms with Crippen molar-refractivity contribution in [2.75, 3.05) is 43.9 Å². The highest BCUT2D eigenvalue weighted by molar-refractivity contribution is 7.92. The molecule has 0 unspecified atom stereocenters. The molecule has 42 heavy (non-hydrogen) atoms. The van der Waals surface area contributed by atoms with Crippen molar-refractivity contribution in [2.24, 2.45) is 0 Å². The molecule has 2 aromatic carbocycles. The minimum absolute atomic E-state index is 0.00156. The molecule has 2 N–H and O–H groups in total. The van der Waals surface area contributed by atoms with Gasteiger partial charge in [0.2, 0.25) is 0 Å². The molecule has 12 nitrogen and oxygen atoms in total. The van der Waals surface area contributed by atoms with E-state index in [2.05, 4.69) is 10.6 Å². The largest absolute Gasteiger partial charge is 0.450 e. The molecule has 0 bridgehead atoms. The first-order valence-electron chi connectivity index (χ1n) is 13.0. The van der Waals surface area contributed by atoms with Gasteiger partial charge in [-0.25, -0.2) is 18.0 Å². The number of nitrogens with zero attached hydrogens (tertiary/aromatic N) is 3. The topological polar surface area (TPSA) is 145 Å². The van der Waals surface area contributed by atoms with Crippen LogP contribution in [0.3, 0.4) is 0 Å². The lowest BCUT2D eigenvalue weighted by Crippen LogP contribution is -2.40. The fourth-order valence-electron chi connectivity index (χ4n) is 4.26. The van der Waals surface area contributed by atoms with Gasteiger partial charge >= 0.3 is 12.1 Å². The van der Waals surface area contributed by atoms with Crippen LogP contribution in [0, 0.1) is 0 Å². The van der Waals surface area contributed by atoms with Crippen LogP contribution in [0.25, 0.3) is 0 Å². The molecule has 0 saturated carbocycles. The lowest BCUT2D eigenvalue weighted by molar-refractivity contribution is 0.0955. The van der Waals surface area contributed by atoms with Crippen LogP contribution in [-0.2, 0) is 27.7 Å². The zero-order chi connectivity index (χ0) is 30.6. The average molecular weight is 614 g/mol. The number of para-hydroxylation sites is 1. The Morgan fingerprint density at radius 1 is 0.976 bits per heavy atom. The van der Waals surface area contributed by atoms with Crippen LogP contribution in [0.4, 0.5) is 20.3 Å². The number of amides is 5. The van der Waals surface area contributed by atoms with Crippen molar-refractivity contribution in [2.45, 2.75) is 24.8 Å². The van der Waals surface area contributed by atoms with Gasteiger partial charge in [0, 0.05) is 38.1 Å². The number of benzene rings is 2. The van der Waals surface area contributed by atoms with Crippen LogP contribution in [0.5, 0.6) is 0 Å². The van der Waals surface area contributed by atoms with Crippen LogP contribution < -0.4 is 14.9 Å². The van der Waals surface area contributed by atoms with E-state index in [-0.39, 0.29) is 34.2 Å². The first kappa shape index (κ1) is 30.5. The smallest absolute Gasteiger partial charge is 0.410 e. The van der Waals surface area contributed by atoms with Crippen molar-refractivity contribution in [1.29, 1.82) is 0 Å². The molecule has 1 aliphatic rings. The zero-order valence-electron chi connectivity index (χ0n) is 23.5. The maximum Gasteiger partial charge on any atom is 0.410 e. The van der Waals surface area contributed by atoms with Gasteiger partial charge in [-0.05, 0) is 55.3 Å². The number of hydrogen-bond acceptors (Lipinski definition) is 8. The number of imide groups is 1. The van der Waals surface area contributed by atoms with Gasteiger partial charge in [-0.2, -0.15) is 0 Å². The summed E-state index contributed by atoms with van der Waals surface area (Å²) in [4.78, 5) is 54.4. The SMILES string of the molecule is CCOC(=O)N1CCc2c(sc(NC(=O)c3ccc(S(=O)(=O)N(C)c4ccccc4)cc3)c2C(=O)NC(=O)N(C)C)C1. The first-order valence-corrected chi connectivity index (χ1v) is 15.2. The molecule has 14 heteroatoms. The van der Waals surface area contributed by atoms with E-state index >= 15 is 0 Å². The normalized spacial score (nSPS) is 12.6. The van der Waals surface area contributed by atoms with Crippen molar-refractivity contribution < 1.29 is 32.3 Å². The number of nitrogens with one attached hydrogen (secondary N) is 2. The number of hydrogen-bond donors (Lipinski definition) is 2. The maximum absolute atomic E-state index is 13.3. The Morgan fingerprint density at radius 3 is 2.26 bits per heavy atom. The van der Waals surface area contributed by atoms with Crippen LogP contribution in [0.2, 0.25) is 0 Å². The minimum atomic E-state index is -3.88. The Hall–Kier alpha value is -4.43. The number of rotatable bonds is 7. The fraction of sp³-hybridized carbons (Fsp3) is 0.286. The van der Waals surface area contributed by atoms with Gasteiger partial charge < -0.3 is 19.9 Å². The van der Waals surface area contributed by atoms with Crippen molar-refractivity contribution >= 4 is 56.0 Å². The molecule has 1 aromatic heterocycles. The van der Waals surface area contributed by atoms with Gasteiger partial charge in [0.05, 0.1) is 29.3 Å². The van der Waals surface area contributed by atoms with Gasteiger partial charge in [0.15, 0.2) is 0 Å². The summed E-state index contributed by atoms with van der Waals surface area (Å²) in [5.41, 5.74) is 1.42.